The van der Waals surface area contributed by atoms with Crippen molar-refractivity contribution in [3.8, 4) is 0 Å². The number of unbranched alkanes of at least 4 members (excludes halogenated alkanes) is 2. The lowest BCUT2D eigenvalue weighted by atomic mass is 9.90. The van der Waals surface area contributed by atoms with Crippen LogP contribution in [-0.4, -0.2) is 30.1 Å². The third-order valence-corrected chi connectivity index (χ3v) is 5.41. The van der Waals surface area contributed by atoms with Crippen molar-refractivity contribution in [3.63, 3.8) is 0 Å². The second kappa shape index (κ2) is 6.93. The van der Waals surface area contributed by atoms with Crippen molar-refractivity contribution >= 4 is 0 Å². The van der Waals surface area contributed by atoms with Crippen LogP contribution in [-0.2, 0) is 0 Å². The van der Waals surface area contributed by atoms with Crippen LogP contribution in [0.2, 0.25) is 0 Å². The molecule has 1 saturated heterocycles. The maximum absolute atomic E-state index is 3.92. The van der Waals surface area contributed by atoms with Crippen LogP contribution in [0.4, 0.5) is 0 Å². The lowest BCUT2D eigenvalue weighted by Crippen LogP contribution is -2.60. The second-order valence-corrected chi connectivity index (χ2v) is 6.97. The van der Waals surface area contributed by atoms with Crippen LogP contribution >= 0.6 is 0 Å². The number of benzene rings is 1. The Morgan fingerprint density at radius 2 is 1.90 bits per heavy atom. The maximum Gasteiger partial charge on any atom is 0.0473 e. The molecule has 2 heteroatoms. The Balaban J connectivity index is 1.72. The highest BCUT2D eigenvalue weighted by Crippen LogP contribution is 2.36. The predicted molar refractivity (Wildman–Crippen MR) is 89.5 cm³/mol. The SMILES string of the molecule is CCCCCN1CC2(CCCC2)NCC1c1ccccc1. The van der Waals surface area contributed by atoms with E-state index in [1.165, 1.54) is 63.6 Å². The van der Waals surface area contributed by atoms with Crippen molar-refractivity contribution in [2.45, 2.75) is 63.5 Å². The van der Waals surface area contributed by atoms with Gasteiger partial charge < -0.3 is 5.32 Å². The van der Waals surface area contributed by atoms with Crippen LogP contribution in [0.25, 0.3) is 0 Å². The van der Waals surface area contributed by atoms with Gasteiger partial charge in [-0.05, 0) is 31.4 Å². The highest BCUT2D eigenvalue weighted by molar-refractivity contribution is 5.21. The number of nitrogens with zero attached hydrogens (tertiary/aromatic N) is 1. The zero-order valence-corrected chi connectivity index (χ0v) is 13.5. The Kier molecular flexibility index (Phi) is 4.97. The van der Waals surface area contributed by atoms with Gasteiger partial charge in [0, 0.05) is 24.7 Å². The first-order chi connectivity index (χ1) is 10.3. The Labute approximate surface area is 129 Å². The molecule has 1 aromatic carbocycles. The van der Waals surface area contributed by atoms with Gasteiger partial charge in [0.05, 0.1) is 0 Å². The van der Waals surface area contributed by atoms with Gasteiger partial charge in [0.15, 0.2) is 0 Å². The van der Waals surface area contributed by atoms with E-state index in [1.54, 1.807) is 0 Å². The van der Waals surface area contributed by atoms with Gasteiger partial charge in [0.25, 0.3) is 0 Å². The molecular weight excluding hydrogens is 256 g/mol. The van der Waals surface area contributed by atoms with Crippen molar-refractivity contribution in [3.05, 3.63) is 35.9 Å². The van der Waals surface area contributed by atoms with E-state index in [0.717, 1.165) is 6.54 Å². The zero-order chi connectivity index (χ0) is 14.5. The van der Waals surface area contributed by atoms with Crippen molar-refractivity contribution in [1.82, 2.24) is 10.2 Å². The smallest absolute Gasteiger partial charge is 0.0473 e. The molecule has 1 aromatic rings. The van der Waals surface area contributed by atoms with Crippen molar-refractivity contribution in [2.75, 3.05) is 19.6 Å². The quantitative estimate of drug-likeness (QED) is 0.819. The van der Waals surface area contributed by atoms with Gasteiger partial charge in [-0.25, -0.2) is 0 Å². The summed E-state index contributed by atoms with van der Waals surface area (Å²) in [5, 5.41) is 3.92. The van der Waals surface area contributed by atoms with Gasteiger partial charge in [0.1, 0.15) is 0 Å². The minimum atomic E-state index is 0.428. The summed E-state index contributed by atoms with van der Waals surface area (Å²) >= 11 is 0. The summed E-state index contributed by atoms with van der Waals surface area (Å²) in [6.07, 6.45) is 9.58. The van der Waals surface area contributed by atoms with Gasteiger partial charge >= 0.3 is 0 Å². The molecule has 1 aliphatic carbocycles. The van der Waals surface area contributed by atoms with Crippen molar-refractivity contribution < 1.29 is 0 Å². The number of hydrogen-bond donors (Lipinski definition) is 1. The molecule has 0 aromatic heterocycles. The summed E-state index contributed by atoms with van der Waals surface area (Å²) in [6, 6.07) is 11.6. The summed E-state index contributed by atoms with van der Waals surface area (Å²) in [7, 11) is 0. The molecule has 116 valence electrons. The third kappa shape index (κ3) is 3.49. The van der Waals surface area contributed by atoms with Gasteiger partial charge in [-0.2, -0.15) is 0 Å². The van der Waals surface area contributed by atoms with E-state index in [4.69, 9.17) is 0 Å². The summed E-state index contributed by atoms with van der Waals surface area (Å²) in [5.74, 6) is 0. The lowest BCUT2D eigenvalue weighted by Gasteiger charge is -2.46. The third-order valence-electron chi connectivity index (χ3n) is 5.41. The number of rotatable bonds is 5. The van der Waals surface area contributed by atoms with Gasteiger partial charge in [-0.15, -0.1) is 0 Å². The van der Waals surface area contributed by atoms with Crippen molar-refractivity contribution in [2.24, 2.45) is 0 Å². The fourth-order valence-corrected chi connectivity index (χ4v) is 4.19. The van der Waals surface area contributed by atoms with E-state index < -0.39 is 0 Å². The standard InChI is InChI=1S/C19H30N2/c1-2-3-9-14-21-16-19(12-7-8-13-19)20-15-18(21)17-10-5-4-6-11-17/h4-6,10-11,18,20H,2-3,7-9,12-16H2,1H3. The number of nitrogens with one attached hydrogen (secondary N) is 1. The molecule has 1 atom stereocenters. The van der Waals surface area contributed by atoms with E-state index in [1.807, 2.05) is 0 Å². The predicted octanol–water partition coefficient (Wildman–Crippen LogP) is 4.14. The van der Waals surface area contributed by atoms with Crippen LogP contribution in [0.3, 0.4) is 0 Å². The highest BCUT2D eigenvalue weighted by Gasteiger charge is 2.41. The van der Waals surface area contributed by atoms with Gasteiger partial charge in [-0.3, -0.25) is 4.90 Å². The minimum Gasteiger partial charge on any atom is -0.308 e. The largest absolute Gasteiger partial charge is 0.308 e. The van der Waals surface area contributed by atoms with Crippen molar-refractivity contribution in [1.29, 1.82) is 0 Å². The molecule has 1 unspecified atom stereocenters. The topological polar surface area (TPSA) is 15.3 Å². The molecule has 2 aliphatic rings. The summed E-state index contributed by atoms with van der Waals surface area (Å²) < 4.78 is 0. The molecule has 1 saturated carbocycles. The molecule has 1 spiro atoms. The average molecular weight is 286 g/mol. The number of hydrogen-bond acceptors (Lipinski definition) is 2. The molecule has 21 heavy (non-hydrogen) atoms. The molecule has 0 bridgehead atoms. The van der Waals surface area contributed by atoms with Crippen LogP contribution in [0.1, 0.15) is 63.5 Å². The first-order valence-electron chi connectivity index (χ1n) is 8.87. The molecule has 1 N–H and O–H groups in total. The van der Waals surface area contributed by atoms with E-state index in [2.05, 4.69) is 47.5 Å². The average Bonchev–Trinajstić information content (AvgIpc) is 2.97. The Morgan fingerprint density at radius 3 is 2.62 bits per heavy atom. The van der Waals surface area contributed by atoms with Gasteiger partial charge in [-0.1, -0.05) is 62.9 Å². The van der Waals surface area contributed by atoms with E-state index in [0.29, 0.717) is 11.6 Å². The second-order valence-electron chi connectivity index (χ2n) is 6.97. The van der Waals surface area contributed by atoms with Crippen LogP contribution in [0.5, 0.6) is 0 Å². The molecule has 0 amide bonds. The normalized spacial score (nSPS) is 25.5. The first kappa shape index (κ1) is 15.1. The molecule has 2 nitrogen and oxygen atoms in total. The van der Waals surface area contributed by atoms with Gasteiger partial charge in [0.2, 0.25) is 0 Å². The van der Waals surface area contributed by atoms with E-state index >= 15 is 0 Å². The summed E-state index contributed by atoms with van der Waals surface area (Å²) in [6.45, 7) is 5.92. The fraction of sp³-hybridized carbons (Fsp3) is 0.684. The maximum atomic E-state index is 3.92. The first-order valence-corrected chi connectivity index (χ1v) is 8.87. The van der Waals surface area contributed by atoms with Crippen LogP contribution in [0.15, 0.2) is 30.3 Å². The molecule has 2 fully saturated rings. The summed E-state index contributed by atoms with van der Waals surface area (Å²) in [5.41, 5.74) is 1.91. The Bertz CT molecular complexity index is 422. The minimum absolute atomic E-state index is 0.428. The Hall–Kier alpha value is -0.860. The van der Waals surface area contributed by atoms with Crippen LogP contribution < -0.4 is 5.32 Å². The lowest BCUT2D eigenvalue weighted by molar-refractivity contribution is 0.0785. The molecule has 1 aliphatic heterocycles. The Morgan fingerprint density at radius 1 is 1.14 bits per heavy atom. The highest BCUT2D eigenvalue weighted by atomic mass is 15.3. The molecule has 0 radical (unpaired) electrons. The zero-order valence-electron chi connectivity index (χ0n) is 13.5. The monoisotopic (exact) mass is 286 g/mol. The van der Waals surface area contributed by atoms with Crippen LogP contribution in [0, 0.1) is 0 Å². The fourth-order valence-electron chi connectivity index (χ4n) is 4.19. The van der Waals surface area contributed by atoms with E-state index in [-0.39, 0.29) is 0 Å². The number of piperazine rings is 1. The summed E-state index contributed by atoms with van der Waals surface area (Å²) in [4.78, 5) is 2.77. The molecule has 1 heterocycles. The molecular formula is C19H30N2. The van der Waals surface area contributed by atoms with E-state index in [9.17, 15) is 0 Å². The molecule has 3 rings (SSSR count).